The number of nitrogens with two attached hydrogens (primary N) is 1. The normalized spacial score (nSPS) is 11.4. The van der Waals surface area contributed by atoms with Gasteiger partial charge in [0, 0.05) is 24.5 Å². The average molecular weight is 1230 g/mol. The van der Waals surface area contributed by atoms with Crippen molar-refractivity contribution >= 4 is 102 Å². The summed E-state index contributed by atoms with van der Waals surface area (Å²) in [7, 11) is -9.09. The van der Waals surface area contributed by atoms with Crippen LogP contribution >= 0.6 is 46.4 Å². The van der Waals surface area contributed by atoms with Crippen LogP contribution in [0.3, 0.4) is 0 Å². The lowest BCUT2D eigenvalue weighted by Gasteiger charge is -2.16. The average Bonchev–Trinajstić information content (AvgIpc) is 3.81. The Morgan fingerprint density at radius 3 is 1.59 bits per heavy atom. The molecule has 0 aliphatic carbocycles. The highest BCUT2D eigenvalue weighted by atomic mass is 35.5. The van der Waals surface area contributed by atoms with E-state index in [4.69, 9.17) is 57.0 Å². The SMILES string of the molecule is CCOC(=O)C(=O)NC(C)C.CCOC(=O)c1nnc(-c2ncc(Cl)cc2NS(=O)(=O)c2ccc(Cl)c(C(F)(F)F)c2)n1C(C)C.Cc1ccccc1.NNC(=O)c1ncc(Cl)cc1NS(=O)(=O)c1ccc(Cl)c(C(F)(F)F)c1. The van der Waals surface area contributed by atoms with Crippen LogP contribution < -0.4 is 26.0 Å². The minimum Gasteiger partial charge on any atom is -0.460 e. The summed E-state index contributed by atoms with van der Waals surface area (Å²) in [5.74, 6) is 1.65. The van der Waals surface area contributed by atoms with Crippen molar-refractivity contribution in [1.29, 1.82) is 0 Å². The Labute approximate surface area is 468 Å². The van der Waals surface area contributed by atoms with Crippen molar-refractivity contribution in [3.63, 3.8) is 0 Å². The molecule has 0 spiro atoms. The monoisotopic (exact) mass is 1230 g/mol. The van der Waals surface area contributed by atoms with Crippen molar-refractivity contribution in [2.45, 2.75) is 82.7 Å². The molecule has 0 atom stereocenters. The van der Waals surface area contributed by atoms with Crippen LogP contribution in [0.2, 0.25) is 20.1 Å². The van der Waals surface area contributed by atoms with Gasteiger partial charge in [-0.2, -0.15) is 26.3 Å². The van der Waals surface area contributed by atoms with Crippen molar-refractivity contribution in [3.05, 3.63) is 140 Å². The van der Waals surface area contributed by atoms with Gasteiger partial charge in [0.25, 0.3) is 26.0 Å². The number of hydrazine groups is 1. The number of hydrogen-bond donors (Lipinski definition) is 5. The fourth-order valence-electron chi connectivity index (χ4n) is 5.98. The highest BCUT2D eigenvalue weighted by Crippen LogP contribution is 2.38. The van der Waals surface area contributed by atoms with Crippen LogP contribution in [0.1, 0.15) is 85.4 Å². The lowest BCUT2D eigenvalue weighted by atomic mass is 10.2. The first kappa shape index (κ1) is 66.5. The molecule has 2 amide bonds. The number of amides is 2. The number of benzene rings is 3. The molecule has 79 heavy (non-hydrogen) atoms. The van der Waals surface area contributed by atoms with Crippen LogP contribution in [0.4, 0.5) is 37.7 Å². The largest absolute Gasteiger partial charge is 0.460 e. The molecule has 3 aromatic carbocycles. The maximum absolute atomic E-state index is 13.2. The van der Waals surface area contributed by atoms with Gasteiger partial charge in [-0.15, -0.1) is 10.2 Å². The quantitative estimate of drug-likeness (QED) is 0.0179. The first-order valence-corrected chi connectivity index (χ1v) is 26.9. The number of halogens is 10. The number of carbonyl (C=O) groups is 4. The van der Waals surface area contributed by atoms with Crippen LogP contribution in [0.15, 0.2) is 101 Å². The second-order valence-electron chi connectivity index (χ2n) is 16.1. The summed E-state index contributed by atoms with van der Waals surface area (Å²) in [6, 6.07) is 16.3. The van der Waals surface area contributed by atoms with E-state index in [9.17, 15) is 62.4 Å². The second-order valence-corrected chi connectivity index (χ2v) is 21.1. The lowest BCUT2D eigenvalue weighted by molar-refractivity contribution is -0.154. The van der Waals surface area contributed by atoms with E-state index in [0.29, 0.717) is 12.1 Å². The van der Waals surface area contributed by atoms with Crippen LogP contribution in [0.25, 0.3) is 11.5 Å². The molecule has 6 rings (SSSR count). The molecule has 0 saturated heterocycles. The van der Waals surface area contributed by atoms with Crippen molar-refractivity contribution in [2.75, 3.05) is 22.7 Å². The maximum atomic E-state index is 13.2. The zero-order chi connectivity index (χ0) is 59.8. The Bertz CT molecular complexity index is 3360. The van der Waals surface area contributed by atoms with E-state index in [0.717, 1.165) is 36.5 Å². The number of esters is 2. The number of alkyl halides is 6. The zero-order valence-electron chi connectivity index (χ0n) is 42.2. The van der Waals surface area contributed by atoms with Gasteiger partial charge < -0.3 is 14.8 Å². The summed E-state index contributed by atoms with van der Waals surface area (Å²) in [5.41, 5.74) is -0.633. The van der Waals surface area contributed by atoms with Crippen LogP contribution in [0, 0.1) is 6.92 Å². The molecule has 32 heteroatoms. The van der Waals surface area contributed by atoms with E-state index >= 15 is 0 Å². The van der Waals surface area contributed by atoms with Crippen molar-refractivity contribution in [3.8, 4) is 11.5 Å². The first-order chi connectivity index (χ1) is 36.7. The molecule has 6 N–H and O–H groups in total. The van der Waals surface area contributed by atoms with E-state index < -0.39 is 92.8 Å². The number of sulfonamides is 2. The van der Waals surface area contributed by atoms with Crippen LogP contribution in [0.5, 0.6) is 0 Å². The molecule has 0 aliphatic heterocycles. The van der Waals surface area contributed by atoms with E-state index in [2.05, 4.69) is 54.0 Å². The van der Waals surface area contributed by atoms with Gasteiger partial charge in [-0.05, 0) is 97.0 Å². The van der Waals surface area contributed by atoms with Crippen LogP contribution in [-0.4, -0.2) is 84.6 Å². The number of anilines is 2. The summed E-state index contributed by atoms with van der Waals surface area (Å²) in [6.45, 7) is 12.7. The van der Waals surface area contributed by atoms with E-state index in [-0.39, 0.29) is 64.1 Å². The van der Waals surface area contributed by atoms with Crippen molar-refractivity contribution < 1.29 is 71.8 Å². The number of rotatable bonds is 13. The van der Waals surface area contributed by atoms with Crippen LogP contribution in [-0.2, 0) is 51.5 Å². The third-order valence-corrected chi connectivity index (χ3v) is 13.2. The number of nitrogen functional groups attached to an aromatic ring is 1. The molecule has 20 nitrogen and oxygen atoms in total. The fraction of sp³-hybridized carbons (Fsp3) is 0.277. The number of hydrogen-bond acceptors (Lipinski definition) is 15. The minimum absolute atomic E-state index is 0.00417. The highest BCUT2D eigenvalue weighted by molar-refractivity contribution is 7.93. The first-order valence-electron chi connectivity index (χ1n) is 22.4. The predicted molar refractivity (Wildman–Crippen MR) is 281 cm³/mol. The van der Waals surface area contributed by atoms with E-state index in [1.54, 1.807) is 47.0 Å². The predicted octanol–water partition coefficient (Wildman–Crippen LogP) is 10.1. The number of nitrogens with one attached hydrogen (secondary N) is 4. The van der Waals surface area contributed by atoms with Gasteiger partial charge in [-0.3, -0.25) is 29.0 Å². The van der Waals surface area contributed by atoms with Gasteiger partial charge in [0.15, 0.2) is 11.5 Å². The van der Waals surface area contributed by atoms with Gasteiger partial charge >= 0.3 is 30.2 Å². The molecule has 3 aromatic heterocycles. The number of carbonyl (C=O) groups excluding carboxylic acids is 4. The third-order valence-electron chi connectivity index (χ3n) is 9.35. The Hall–Kier alpha value is -6.82. The molecule has 6 aromatic rings. The number of nitrogens with zero attached hydrogens (tertiary/aromatic N) is 5. The third kappa shape index (κ3) is 19.5. The van der Waals surface area contributed by atoms with Gasteiger partial charge in [0.2, 0.25) is 5.82 Å². The molecule has 428 valence electrons. The Morgan fingerprint density at radius 1 is 0.684 bits per heavy atom. The lowest BCUT2D eigenvalue weighted by Crippen LogP contribution is -2.36. The van der Waals surface area contributed by atoms with E-state index in [1.807, 2.05) is 22.9 Å². The molecule has 0 saturated carbocycles. The molecule has 3 heterocycles. The van der Waals surface area contributed by atoms with Gasteiger partial charge in [0.05, 0.1) is 65.6 Å². The Balaban J connectivity index is 0.000000323. The summed E-state index contributed by atoms with van der Waals surface area (Å²) < 4.78 is 144. The van der Waals surface area contributed by atoms with Gasteiger partial charge in [0.1, 0.15) is 5.69 Å². The summed E-state index contributed by atoms with van der Waals surface area (Å²) in [6.07, 6.45) is -7.45. The molecular weight excluding hydrogens is 1180 g/mol. The molecule has 0 aliphatic rings. The molecule has 0 radical (unpaired) electrons. The van der Waals surface area contributed by atoms with Gasteiger partial charge in [-0.1, -0.05) is 82.3 Å². The summed E-state index contributed by atoms with van der Waals surface area (Å²) >= 11 is 22.8. The van der Waals surface area contributed by atoms with Gasteiger partial charge in [-0.25, -0.2) is 42.2 Å². The van der Waals surface area contributed by atoms with Crippen molar-refractivity contribution in [1.82, 2.24) is 35.5 Å². The number of ether oxygens (including phenoxy) is 2. The second kappa shape index (κ2) is 28.9. The number of pyridine rings is 2. The smallest absolute Gasteiger partial charge is 0.417 e. The highest BCUT2D eigenvalue weighted by Gasteiger charge is 2.36. The Kier molecular flexibility index (Phi) is 24.3. The topological polar surface area (TPSA) is 286 Å². The van der Waals surface area contributed by atoms with E-state index in [1.165, 1.54) is 22.4 Å². The Morgan fingerprint density at radius 2 is 1.16 bits per heavy atom. The summed E-state index contributed by atoms with van der Waals surface area (Å²) in [4.78, 5) is 51.7. The minimum atomic E-state index is -4.87. The summed E-state index contributed by atoms with van der Waals surface area (Å²) in [5, 5.41) is 8.91. The van der Waals surface area contributed by atoms with Crippen molar-refractivity contribution in [2.24, 2.45) is 5.84 Å². The number of aromatic nitrogens is 5. The zero-order valence-corrected chi connectivity index (χ0v) is 46.9. The fourth-order valence-corrected chi connectivity index (χ4v) is 8.91. The standard InChI is InChI=1S/C20H18Cl2F3N5O4S.C13H9Cl2F3N4O3S.C7H13NO3.C7H8/c1-4-34-19(31)18-28-27-17(30(18)10(2)3)16-15(7-11(21)9-26-16)29-35(32,33)12-5-6-14(22)13(8-12)20(23,24)25;14-6-3-10(11(20-5-6)12(23)21-19)22-26(24,25)7-1-2-9(15)8(4-7)13(16,17)18;1-4-11-7(10)6(9)8-5(2)3;1-7-5-3-2-4-6-7/h5-10,29H,4H2,1-3H3;1-5,22H,19H2,(H,21,23);5H,4H2,1-3H3,(H,8,9);2-6H,1H3. The molecular formula is C47H48Cl4F6N10O10S2. The number of aryl methyl sites for hydroxylation is 1. The molecule has 0 unspecified atom stereocenters. The molecule has 0 fully saturated rings. The maximum Gasteiger partial charge on any atom is 0.417 e. The molecule has 0 bridgehead atoms.